The van der Waals surface area contributed by atoms with Gasteiger partial charge in [0, 0.05) is 13.6 Å². The molecule has 0 spiro atoms. The molecule has 19 heavy (non-hydrogen) atoms. The van der Waals surface area contributed by atoms with Gasteiger partial charge in [-0.25, -0.2) is 8.42 Å². The summed E-state index contributed by atoms with van der Waals surface area (Å²) in [7, 11) is -1.47. The molecule has 0 saturated heterocycles. The number of sulfonamides is 1. The van der Waals surface area contributed by atoms with Gasteiger partial charge >= 0.3 is 6.18 Å². The first-order chi connectivity index (χ1) is 8.66. The smallest absolute Gasteiger partial charge is 0.316 e. The molecule has 1 N–H and O–H groups in total. The van der Waals surface area contributed by atoms with Crippen molar-refractivity contribution in [3.8, 4) is 0 Å². The second kappa shape index (κ2) is 5.89. The predicted molar refractivity (Wildman–Crippen MR) is 65.1 cm³/mol. The van der Waals surface area contributed by atoms with Crippen LogP contribution >= 0.6 is 0 Å². The molecule has 0 heterocycles. The fourth-order valence-corrected chi connectivity index (χ4v) is 2.66. The number of hydrogen-bond donors (Lipinski definition) is 1. The summed E-state index contributed by atoms with van der Waals surface area (Å²) in [5, 5.41) is 2.89. The molecule has 0 aliphatic carbocycles. The van der Waals surface area contributed by atoms with Gasteiger partial charge in [0.05, 0.1) is 4.90 Å². The number of hydrogen-bond acceptors (Lipinski definition) is 3. The van der Waals surface area contributed by atoms with Crippen LogP contribution in [0.2, 0.25) is 0 Å². The summed E-state index contributed by atoms with van der Waals surface area (Å²) in [6.45, 7) is -0.952. The van der Waals surface area contributed by atoms with Crippen LogP contribution in [0.4, 0.5) is 13.2 Å². The van der Waals surface area contributed by atoms with Crippen molar-refractivity contribution in [3.05, 3.63) is 29.8 Å². The van der Waals surface area contributed by atoms with E-state index in [-0.39, 0.29) is 4.90 Å². The second-order valence-corrected chi connectivity index (χ2v) is 6.10. The van der Waals surface area contributed by atoms with E-state index in [1.54, 1.807) is 19.2 Å². The third-order valence-corrected chi connectivity index (χ3v) is 4.23. The maximum absolute atomic E-state index is 12.2. The number of nitrogens with zero attached hydrogens (tertiary/aromatic N) is 1. The quantitative estimate of drug-likeness (QED) is 0.897. The van der Waals surface area contributed by atoms with Gasteiger partial charge < -0.3 is 5.32 Å². The molecule has 0 amide bonds. The fourth-order valence-electron chi connectivity index (χ4n) is 1.50. The second-order valence-electron chi connectivity index (χ2n) is 4.05. The Balaban J connectivity index is 2.93. The van der Waals surface area contributed by atoms with Crippen LogP contribution in [-0.4, -0.2) is 39.5 Å². The maximum Gasteiger partial charge on any atom is 0.402 e. The van der Waals surface area contributed by atoms with Gasteiger partial charge in [-0.15, -0.1) is 0 Å². The Labute approximate surface area is 110 Å². The van der Waals surface area contributed by atoms with Crippen LogP contribution in [0.5, 0.6) is 0 Å². The van der Waals surface area contributed by atoms with E-state index in [2.05, 4.69) is 5.32 Å². The lowest BCUT2D eigenvalue weighted by Gasteiger charge is -2.18. The molecule has 0 aromatic heterocycles. The van der Waals surface area contributed by atoms with Crippen LogP contribution < -0.4 is 5.32 Å². The summed E-state index contributed by atoms with van der Waals surface area (Å²) < 4.78 is 60.7. The van der Waals surface area contributed by atoms with Crippen molar-refractivity contribution < 1.29 is 21.6 Å². The van der Waals surface area contributed by atoms with E-state index >= 15 is 0 Å². The Morgan fingerprint density at radius 2 is 1.74 bits per heavy atom. The van der Waals surface area contributed by atoms with Gasteiger partial charge in [0.25, 0.3) is 0 Å². The molecule has 0 fully saturated rings. The molecule has 0 bridgehead atoms. The molecule has 108 valence electrons. The SMILES string of the molecule is CNCc1ccc(S(=O)(=O)N(C)CC(F)(F)F)cc1. The highest BCUT2D eigenvalue weighted by atomic mass is 32.2. The molecule has 0 saturated carbocycles. The first-order valence-electron chi connectivity index (χ1n) is 5.43. The Morgan fingerprint density at radius 1 is 1.21 bits per heavy atom. The van der Waals surface area contributed by atoms with E-state index in [0.29, 0.717) is 10.8 Å². The average Bonchev–Trinajstić information content (AvgIpc) is 2.28. The van der Waals surface area contributed by atoms with Crippen molar-refractivity contribution in [1.29, 1.82) is 0 Å². The number of benzene rings is 1. The lowest BCUT2D eigenvalue weighted by molar-refractivity contribution is -0.134. The van der Waals surface area contributed by atoms with Gasteiger partial charge in [-0.1, -0.05) is 12.1 Å². The van der Waals surface area contributed by atoms with E-state index in [4.69, 9.17) is 0 Å². The van der Waals surface area contributed by atoms with Crippen LogP contribution in [0.25, 0.3) is 0 Å². The van der Waals surface area contributed by atoms with Crippen molar-refractivity contribution >= 4 is 10.0 Å². The minimum atomic E-state index is -4.56. The molecule has 1 aromatic carbocycles. The first-order valence-corrected chi connectivity index (χ1v) is 6.87. The van der Waals surface area contributed by atoms with E-state index in [1.807, 2.05) is 0 Å². The lowest BCUT2D eigenvalue weighted by atomic mass is 10.2. The Bertz CT molecular complexity index is 512. The number of alkyl halides is 3. The monoisotopic (exact) mass is 296 g/mol. The van der Waals surface area contributed by atoms with Crippen LogP contribution in [0, 0.1) is 0 Å². The van der Waals surface area contributed by atoms with Gasteiger partial charge in [0.2, 0.25) is 10.0 Å². The van der Waals surface area contributed by atoms with Crippen LogP contribution in [0.1, 0.15) is 5.56 Å². The number of halogens is 3. The Kier molecular flexibility index (Phi) is 4.94. The van der Waals surface area contributed by atoms with Gasteiger partial charge in [0.15, 0.2) is 0 Å². The molecule has 0 unspecified atom stereocenters. The molecule has 0 radical (unpaired) electrons. The first kappa shape index (κ1) is 15.9. The average molecular weight is 296 g/mol. The van der Waals surface area contributed by atoms with Crippen molar-refractivity contribution in [1.82, 2.24) is 9.62 Å². The summed E-state index contributed by atoms with van der Waals surface area (Å²) >= 11 is 0. The molecule has 1 rings (SSSR count). The topological polar surface area (TPSA) is 49.4 Å². The zero-order valence-corrected chi connectivity index (χ0v) is 11.3. The third-order valence-electron chi connectivity index (χ3n) is 2.41. The van der Waals surface area contributed by atoms with Gasteiger partial charge in [-0.2, -0.15) is 17.5 Å². The largest absolute Gasteiger partial charge is 0.402 e. The zero-order chi connectivity index (χ0) is 14.7. The van der Waals surface area contributed by atoms with E-state index < -0.39 is 22.7 Å². The summed E-state index contributed by atoms with van der Waals surface area (Å²) in [6, 6.07) is 5.72. The standard InChI is InChI=1S/C11H15F3N2O2S/c1-15-7-9-3-5-10(6-4-9)19(17,18)16(2)8-11(12,13)14/h3-6,15H,7-8H2,1-2H3. The molecule has 0 aliphatic heterocycles. The number of rotatable bonds is 5. The van der Waals surface area contributed by atoms with E-state index in [1.165, 1.54) is 12.1 Å². The molecular weight excluding hydrogens is 281 g/mol. The van der Waals surface area contributed by atoms with Crippen LogP contribution in [0.15, 0.2) is 29.2 Å². The lowest BCUT2D eigenvalue weighted by Crippen LogP contribution is -2.35. The highest BCUT2D eigenvalue weighted by Crippen LogP contribution is 2.21. The van der Waals surface area contributed by atoms with Crippen molar-refractivity contribution in [2.24, 2.45) is 0 Å². The van der Waals surface area contributed by atoms with Crippen molar-refractivity contribution in [3.63, 3.8) is 0 Å². The van der Waals surface area contributed by atoms with Gasteiger partial charge in [-0.3, -0.25) is 0 Å². The highest BCUT2D eigenvalue weighted by Gasteiger charge is 2.34. The van der Waals surface area contributed by atoms with Crippen LogP contribution in [0.3, 0.4) is 0 Å². The molecule has 4 nitrogen and oxygen atoms in total. The zero-order valence-electron chi connectivity index (χ0n) is 10.5. The molecule has 0 atom stereocenters. The van der Waals surface area contributed by atoms with Crippen LogP contribution in [-0.2, 0) is 16.6 Å². The van der Waals surface area contributed by atoms with Gasteiger partial charge in [0.1, 0.15) is 6.54 Å². The minimum absolute atomic E-state index is 0.154. The summed E-state index contributed by atoms with van der Waals surface area (Å²) in [6.07, 6.45) is -4.56. The van der Waals surface area contributed by atoms with Gasteiger partial charge in [-0.05, 0) is 24.7 Å². The Hall–Kier alpha value is -1.12. The summed E-state index contributed by atoms with van der Waals surface area (Å²) in [4.78, 5) is -0.154. The highest BCUT2D eigenvalue weighted by molar-refractivity contribution is 7.89. The normalized spacial score (nSPS) is 12.9. The summed E-state index contributed by atoms with van der Waals surface area (Å²) in [5.41, 5.74) is 0.847. The molecule has 0 aliphatic rings. The van der Waals surface area contributed by atoms with Crippen molar-refractivity contribution in [2.75, 3.05) is 20.6 Å². The fraction of sp³-hybridized carbons (Fsp3) is 0.455. The predicted octanol–water partition coefficient (Wildman–Crippen LogP) is 1.59. The summed E-state index contributed by atoms with van der Waals surface area (Å²) in [5.74, 6) is 0. The molecular formula is C11H15F3N2O2S. The Morgan fingerprint density at radius 3 is 2.16 bits per heavy atom. The molecule has 1 aromatic rings. The third kappa shape index (κ3) is 4.48. The molecule has 8 heteroatoms. The number of nitrogens with one attached hydrogen (secondary N) is 1. The van der Waals surface area contributed by atoms with E-state index in [0.717, 1.165) is 12.6 Å². The minimum Gasteiger partial charge on any atom is -0.316 e. The maximum atomic E-state index is 12.2. The van der Waals surface area contributed by atoms with Crippen molar-refractivity contribution in [2.45, 2.75) is 17.6 Å². The van der Waals surface area contributed by atoms with E-state index in [9.17, 15) is 21.6 Å².